The minimum atomic E-state index is -3.47. The third-order valence-corrected chi connectivity index (χ3v) is 4.18. The molecule has 0 saturated heterocycles. The maximum absolute atomic E-state index is 12.1. The molecule has 0 unspecified atom stereocenters. The van der Waals surface area contributed by atoms with Gasteiger partial charge in [-0.15, -0.1) is 0 Å². The van der Waals surface area contributed by atoms with E-state index >= 15 is 0 Å². The van der Waals surface area contributed by atoms with Gasteiger partial charge in [-0.25, -0.2) is 8.42 Å². The lowest BCUT2D eigenvalue weighted by atomic mass is 9.94. The molecule has 6 heteroatoms. The van der Waals surface area contributed by atoms with Gasteiger partial charge in [0.05, 0.1) is 11.4 Å². The minimum Gasteiger partial charge on any atom is -0.384 e. The van der Waals surface area contributed by atoms with Crippen molar-refractivity contribution < 1.29 is 13.5 Å². The number of hydrogen-bond donors (Lipinski definition) is 2. The molecular formula is C15H20ClNO3S. The third kappa shape index (κ3) is 6.85. The van der Waals surface area contributed by atoms with Crippen LogP contribution in [0.4, 0.5) is 5.69 Å². The highest BCUT2D eigenvalue weighted by molar-refractivity contribution is 7.92. The Morgan fingerprint density at radius 2 is 2.00 bits per heavy atom. The van der Waals surface area contributed by atoms with Crippen LogP contribution in [0.15, 0.2) is 18.2 Å². The van der Waals surface area contributed by atoms with Crippen LogP contribution in [0.25, 0.3) is 0 Å². The monoisotopic (exact) mass is 329 g/mol. The van der Waals surface area contributed by atoms with Crippen LogP contribution in [0, 0.1) is 17.3 Å². The predicted molar refractivity (Wildman–Crippen MR) is 86.9 cm³/mol. The Labute approximate surface area is 131 Å². The van der Waals surface area contributed by atoms with Crippen LogP contribution in [-0.4, -0.2) is 25.9 Å². The smallest absolute Gasteiger partial charge is 0.232 e. The van der Waals surface area contributed by atoms with Gasteiger partial charge in [0.2, 0.25) is 10.0 Å². The molecule has 0 aliphatic rings. The molecule has 0 radical (unpaired) electrons. The maximum Gasteiger partial charge on any atom is 0.232 e. The standard InChI is InChI=1S/C15H20ClNO3S/c1-15(2,3)8-10-21(19,20)17-14-11-13(16)7-6-12(14)5-4-9-18/h6-7,11,17-18H,8-10H2,1-3H3. The van der Waals surface area contributed by atoms with Crippen LogP contribution in [0.5, 0.6) is 0 Å². The largest absolute Gasteiger partial charge is 0.384 e. The molecule has 116 valence electrons. The van der Waals surface area contributed by atoms with E-state index in [9.17, 15) is 8.42 Å². The lowest BCUT2D eigenvalue weighted by Gasteiger charge is -2.18. The molecule has 21 heavy (non-hydrogen) atoms. The highest BCUT2D eigenvalue weighted by atomic mass is 35.5. The van der Waals surface area contributed by atoms with Gasteiger partial charge < -0.3 is 5.11 Å². The molecule has 0 bridgehead atoms. The van der Waals surface area contributed by atoms with Crippen LogP contribution in [0.2, 0.25) is 5.02 Å². The molecule has 4 nitrogen and oxygen atoms in total. The summed E-state index contributed by atoms with van der Waals surface area (Å²) in [5.41, 5.74) is 0.743. The van der Waals surface area contributed by atoms with Gasteiger partial charge in [-0.05, 0) is 30.0 Å². The van der Waals surface area contributed by atoms with Crippen LogP contribution in [-0.2, 0) is 10.0 Å². The number of benzene rings is 1. The van der Waals surface area contributed by atoms with Crippen molar-refractivity contribution in [2.45, 2.75) is 27.2 Å². The lowest BCUT2D eigenvalue weighted by molar-refractivity contribution is 0.350. The van der Waals surface area contributed by atoms with E-state index in [1.54, 1.807) is 12.1 Å². The molecule has 2 N–H and O–H groups in total. The number of aliphatic hydroxyl groups is 1. The number of anilines is 1. The van der Waals surface area contributed by atoms with Crippen LogP contribution >= 0.6 is 11.6 Å². The average molecular weight is 330 g/mol. The van der Waals surface area contributed by atoms with Gasteiger partial charge in [-0.1, -0.05) is 44.2 Å². The van der Waals surface area contributed by atoms with E-state index in [2.05, 4.69) is 16.6 Å². The first kappa shape index (κ1) is 17.8. The van der Waals surface area contributed by atoms with Crippen molar-refractivity contribution in [1.82, 2.24) is 0 Å². The van der Waals surface area contributed by atoms with Crippen molar-refractivity contribution in [2.24, 2.45) is 5.41 Å². The first-order valence-corrected chi connectivity index (χ1v) is 8.56. The minimum absolute atomic E-state index is 0.0237. The molecule has 0 saturated carbocycles. The summed E-state index contributed by atoms with van der Waals surface area (Å²) in [5, 5.41) is 9.16. The summed E-state index contributed by atoms with van der Waals surface area (Å²) in [6.07, 6.45) is 0.542. The molecule has 1 aromatic carbocycles. The molecular weight excluding hydrogens is 310 g/mol. The zero-order valence-corrected chi connectivity index (χ0v) is 14.0. The highest BCUT2D eigenvalue weighted by Gasteiger charge is 2.18. The number of rotatable bonds is 4. The zero-order valence-electron chi connectivity index (χ0n) is 12.4. The fourth-order valence-electron chi connectivity index (χ4n) is 1.50. The number of sulfonamides is 1. The summed E-state index contributed by atoms with van der Waals surface area (Å²) in [6.45, 7) is 5.67. The van der Waals surface area contributed by atoms with E-state index < -0.39 is 10.0 Å². The van der Waals surface area contributed by atoms with Gasteiger partial charge in [0.15, 0.2) is 0 Å². The fourth-order valence-corrected chi connectivity index (χ4v) is 3.16. The van der Waals surface area contributed by atoms with Crippen LogP contribution in [0.3, 0.4) is 0 Å². The van der Waals surface area contributed by atoms with E-state index in [0.717, 1.165) is 0 Å². The van der Waals surface area contributed by atoms with Crippen molar-refractivity contribution in [3.05, 3.63) is 28.8 Å². The van der Waals surface area contributed by atoms with E-state index in [1.807, 2.05) is 20.8 Å². The summed E-state index contributed by atoms with van der Waals surface area (Å²) >= 11 is 5.90. The van der Waals surface area contributed by atoms with E-state index in [-0.39, 0.29) is 17.8 Å². The Hall–Kier alpha value is -1.22. The molecule has 0 spiro atoms. The van der Waals surface area contributed by atoms with Crippen molar-refractivity contribution in [2.75, 3.05) is 17.1 Å². The number of nitrogens with one attached hydrogen (secondary N) is 1. The van der Waals surface area contributed by atoms with Crippen molar-refractivity contribution >= 4 is 27.3 Å². The molecule has 0 atom stereocenters. The summed E-state index contributed by atoms with van der Waals surface area (Å²) in [5.74, 6) is 5.22. The number of hydrogen-bond acceptors (Lipinski definition) is 3. The molecule has 0 amide bonds. The molecule has 1 rings (SSSR count). The first-order chi connectivity index (χ1) is 9.63. The Kier molecular flexibility index (Phi) is 6.09. The van der Waals surface area contributed by atoms with Crippen molar-refractivity contribution in [3.8, 4) is 11.8 Å². The molecule has 0 fully saturated rings. The summed E-state index contributed by atoms with van der Waals surface area (Å²) < 4.78 is 26.8. The van der Waals surface area contributed by atoms with Gasteiger partial charge in [-0.2, -0.15) is 0 Å². The van der Waals surface area contributed by atoms with Gasteiger partial charge in [0.25, 0.3) is 0 Å². The molecule has 0 aromatic heterocycles. The van der Waals surface area contributed by atoms with Gasteiger partial charge in [-0.3, -0.25) is 4.72 Å². The fraction of sp³-hybridized carbons (Fsp3) is 0.467. The van der Waals surface area contributed by atoms with E-state index in [4.69, 9.17) is 16.7 Å². The second-order valence-corrected chi connectivity index (χ2v) is 8.16. The molecule has 0 aliphatic carbocycles. The Morgan fingerprint density at radius 1 is 1.33 bits per heavy atom. The topological polar surface area (TPSA) is 66.4 Å². The average Bonchev–Trinajstić information content (AvgIpc) is 2.34. The third-order valence-electron chi connectivity index (χ3n) is 2.67. The first-order valence-electron chi connectivity index (χ1n) is 6.53. The van der Waals surface area contributed by atoms with E-state index in [0.29, 0.717) is 22.7 Å². The molecule has 1 aromatic rings. The quantitative estimate of drug-likeness (QED) is 0.835. The number of halogens is 1. The zero-order chi connectivity index (χ0) is 16.1. The molecule has 0 heterocycles. The van der Waals surface area contributed by atoms with Crippen molar-refractivity contribution in [1.29, 1.82) is 0 Å². The summed E-state index contributed by atoms with van der Waals surface area (Å²) in [4.78, 5) is 0. The summed E-state index contributed by atoms with van der Waals surface area (Å²) in [7, 11) is -3.47. The maximum atomic E-state index is 12.1. The molecule has 0 aliphatic heterocycles. The van der Waals surface area contributed by atoms with Crippen molar-refractivity contribution in [3.63, 3.8) is 0 Å². The van der Waals surface area contributed by atoms with Gasteiger partial charge >= 0.3 is 0 Å². The predicted octanol–water partition coefficient (Wildman–Crippen LogP) is 2.86. The van der Waals surface area contributed by atoms with Gasteiger partial charge in [0, 0.05) is 10.6 Å². The lowest BCUT2D eigenvalue weighted by Crippen LogP contribution is -2.21. The Bertz CT molecular complexity index is 652. The summed E-state index contributed by atoms with van der Waals surface area (Å²) in [6, 6.07) is 4.75. The SMILES string of the molecule is CC(C)(C)CCS(=O)(=O)Nc1cc(Cl)ccc1C#CCO. The van der Waals surface area contributed by atoms with E-state index in [1.165, 1.54) is 6.07 Å². The normalized spacial score (nSPS) is 11.7. The Morgan fingerprint density at radius 3 is 2.57 bits per heavy atom. The van der Waals surface area contributed by atoms with Gasteiger partial charge in [0.1, 0.15) is 6.61 Å². The number of aliphatic hydroxyl groups excluding tert-OH is 1. The van der Waals surface area contributed by atoms with Crippen LogP contribution in [0.1, 0.15) is 32.8 Å². The second kappa shape index (κ2) is 7.17. The van der Waals surface area contributed by atoms with Crippen LogP contribution < -0.4 is 4.72 Å². The highest BCUT2D eigenvalue weighted by Crippen LogP contribution is 2.23. The Balaban J connectivity index is 2.98. The second-order valence-electron chi connectivity index (χ2n) is 5.88.